The van der Waals surface area contributed by atoms with E-state index in [-0.39, 0.29) is 11.9 Å². The van der Waals surface area contributed by atoms with Crippen molar-refractivity contribution in [2.75, 3.05) is 0 Å². The summed E-state index contributed by atoms with van der Waals surface area (Å²) >= 11 is 0. The molecule has 0 heterocycles. The van der Waals surface area contributed by atoms with Gasteiger partial charge < -0.3 is 10.4 Å². The molecule has 0 spiro atoms. The minimum Gasteiger partial charge on any atom is -0.393 e. The first-order valence-corrected chi connectivity index (χ1v) is 6.44. The molecule has 2 atom stereocenters. The zero-order chi connectivity index (χ0) is 13.7. The van der Waals surface area contributed by atoms with E-state index < -0.39 is 6.10 Å². The van der Waals surface area contributed by atoms with Gasteiger partial charge in [-0.15, -0.1) is 0 Å². The van der Waals surface area contributed by atoms with E-state index in [4.69, 9.17) is 5.11 Å². The van der Waals surface area contributed by atoms with Gasteiger partial charge in [-0.1, -0.05) is 23.8 Å². The predicted molar refractivity (Wildman–Crippen MR) is 73.4 cm³/mol. The lowest BCUT2D eigenvalue weighted by Gasteiger charge is -2.17. The highest BCUT2D eigenvalue weighted by Crippen LogP contribution is 2.19. The molecule has 0 saturated carbocycles. The molecule has 1 amide bonds. The highest BCUT2D eigenvalue weighted by molar-refractivity contribution is 5.76. The molecule has 2 N–H and O–H groups in total. The van der Waals surface area contributed by atoms with Crippen molar-refractivity contribution >= 4 is 5.91 Å². The van der Waals surface area contributed by atoms with Crippen LogP contribution in [0, 0.1) is 13.8 Å². The lowest BCUT2D eigenvalue weighted by Crippen LogP contribution is -2.27. The van der Waals surface area contributed by atoms with Crippen molar-refractivity contribution < 1.29 is 9.90 Å². The van der Waals surface area contributed by atoms with Crippen LogP contribution in [0.25, 0.3) is 0 Å². The van der Waals surface area contributed by atoms with E-state index in [0.29, 0.717) is 12.8 Å². The molecule has 1 aromatic rings. The molecule has 1 rings (SSSR count). The lowest BCUT2D eigenvalue weighted by molar-refractivity contribution is -0.122. The monoisotopic (exact) mass is 249 g/mol. The molecule has 3 nitrogen and oxygen atoms in total. The summed E-state index contributed by atoms with van der Waals surface area (Å²) in [5.74, 6) is -0.00990. The Kier molecular flexibility index (Phi) is 5.35. The zero-order valence-corrected chi connectivity index (χ0v) is 11.7. The van der Waals surface area contributed by atoms with E-state index >= 15 is 0 Å². The number of aryl methyl sites for hydroxylation is 2. The van der Waals surface area contributed by atoms with Crippen LogP contribution in [0.2, 0.25) is 0 Å². The third-order valence-corrected chi connectivity index (χ3v) is 3.07. The fourth-order valence-electron chi connectivity index (χ4n) is 1.96. The van der Waals surface area contributed by atoms with Gasteiger partial charge in [-0.2, -0.15) is 0 Å². The predicted octanol–water partition coefficient (Wildman–Crippen LogP) is 2.64. The van der Waals surface area contributed by atoms with Gasteiger partial charge in [-0.25, -0.2) is 0 Å². The van der Waals surface area contributed by atoms with Crippen LogP contribution in [0.15, 0.2) is 18.2 Å². The molecule has 0 aromatic heterocycles. The minimum absolute atomic E-state index is 0.00592. The first kappa shape index (κ1) is 14.7. The zero-order valence-electron chi connectivity index (χ0n) is 11.7. The Morgan fingerprint density at radius 3 is 2.61 bits per heavy atom. The number of nitrogens with one attached hydrogen (secondary N) is 1. The number of rotatable bonds is 5. The molecule has 18 heavy (non-hydrogen) atoms. The van der Waals surface area contributed by atoms with Crippen molar-refractivity contribution in [2.24, 2.45) is 0 Å². The molecule has 100 valence electrons. The smallest absolute Gasteiger partial charge is 0.220 e. The Morgan fingerprint density at radius 2 is 2.00 bits per heavy atom. The first-order valence-electron chi connectivity index (χ1n) is 6.44. The van der Waals surface area contributed by atoms with Gasteiger partial charge in [0.2, 0.25) is 5.91 Å². The summed E-state index contributed by atoms with van der Waals surface area (Å²) in [7, 11) is 0. The van der Waals surface area contributed by atoms with Crippen molar-refractivity contribution in [3.8, 4) is 0 Å². The van der Waals surface area contributed by atoms with Gasteiger partial charge in [0.15, 0.2) is 0 Å². The molecule has 0 aliphatic carbocycles. The minimum atomic E-state index is -0.424. The average Bonchev–Trinajstić information content (AvgIpc) is 2.29. The summed E-state index contributed by atoms with van der Waals surface area (Å²) in [6, 6.07) is 6.25. The lowest BCUT2D eigenvalue weighted by atomic mass is 10.00. The van der Waals surface area contributed by atoms with Crippen molar-refractivity contribution in [3.63, 3.8) is 0 Å². The van der Waals surface area contributed by atoms with Crippen LogP contribution < -0.4 is 5.32 Å². The van der Waals surface area contributed by atoms with Crippen LogP contribution >= 0.6 is 0 Å². The van der Waals surface area contributed by atoms with Gasteiger partial charge in [0.25, 0.3) is 0 Å². The molecule has 0 aliphatic rings. The van der Waals surface area contributed by atoms with Crippen LogP contribution in [0.4, 0.5) is 0 Å². The van der Waals surface area contributed by atoms with Crippen molar-refractivity contribution in [2.45, 2.75) is 52.7 Å². The van der Waals surface area contributed by atoms with Crippen LogP contribution in [0.3, 0.4) is 0 Å². The molecule has 0 aliphatic heterocycles. The normalized spacial score (nSPS) is 14.1. The van der Waals surface area contributed by atoms with Crippen LogP contribution in [0.5, 0.6) is 0 Å². The Balaban J connectivity index is 2.62. The number of aliphatic hydroxyl groups is 1. The van der Waals surface area contributed by atoms with Gasteiger partial charge in [0.05, 0.1) is 12.1 Å². The largest absolute Gasteiger partial charge is 0.393 e. The topological polar surface area (TPSA) is 49.3 Å². The fourth-order valence-corrected chi connectivity index (χ4v) is 1.96. The number of carbonyl (C=O) groups excluding carboxylic acids is 1. The third kappa shape index (κ3) is 4.49. The molecule has 0 fully saturated rings. The second-order valence-electron chi connectivity index (χ2n) is 5.04. The number of benzene rings is 1. The molecule has 2 unspecified atom stereocenters. The highest BCUT2D eigenvalue weighted by Gasteiger charge is 2.12. The van der Waals surface area contributed by atoms with E-state index in [2.05, 4.69) is 23.5 Å². The van der Waals surface area contributed by atoms with Gasteiger partial charge in [0, 0.05) is 6.42 Å². The summed E-state index contributed by atoms with van der Waals surface area (Å²) in [6.45, 7) is 7.78. The van der Waals surface area contributed by atoms with Crippen LogP contribution in [-0.2, 0) is 4.79 Å². The number of hydrogen-bond donors (Lipinski definition) is 2. The SMILES string of the molecule is Cc1ccc(C)c(C(C)NC(=O)CCC(C)O)c1. The molecule has 3 heteroatoms. The fraction of sp³-hybridized carbons (Fsp3) is 0.533. The summed E-state index contributed by atoms with van der Waals surface area (Å²) in [5, 5.41) is 12.1. The summed E-state index contributed by atoms with van der Waals surface area (Å²) in [6.07, 6.45) is 0.449. The van der Waals surface area contributed by atoms with E-state index in [1.54, 1.807) is 6.92 Å². The van der Waals surface area contributed by atoms with Gasteiger partial charge in [-0.05, 0) is 45.2 Å². The summed E-state index contributed by atoms with van der Waals surface area (Å²) in [4.78, 5) is 11.7. The van der Waals surface area contributed by atoms with E-state index in [9.17, 15) is 4.79 Å². The summed E-state index contributed by atoms with van der Waals surface area (Å²) in [5.41, 5.74) is 3.53. The summed E-state index contributed by atoms with van der Waals surface area (Å²) < 4.78 is 0. The highest BCUT2D eigenvalue weighted by atomic mass is 16.3. The van der Waals surface area contributed by atoms with Crippen LogP contribution in [-0.4, -0.2) is 17.1 Å². The number of amides is 1. The van der Waals surface area contributed by atoms with Gasteiger partial charge in [0.1, 0.15) is 0 Å². The first-order chi connectivity index (χ1) is 8.40. The second-order valence-corrected chi connectivity index (χ2v) is 5.04. The molecule has 1 aromatic carbocycles. The molecular formula is C15H23NO2. The standard InChI is InChI=1S/C15H23NO2/c1-10-5-6-11(2)14(9-10)13(4)16-15(18)8-7-12(3)17/h5-6,9,12-13,17H,7-8H2,1-4H3,(H,16,18). The quantitative estimate of drug-likeness (QED) is 0.843. The molecular weight excluding hydrogens is 226 g/mol. The van der Waals surface area contributed by atoms with Crippen molar-refractivity contribution in [3.05, 3.63) is 34.9 Å². The van der Waals surface area contributed by atoms with Gasteiger partial charge >= 0.3 is 0 Å². The Labute approximate surface area is 109 Å². The third-order valence-electron chi connectivity index (χ3n) is 3.07. The van der Waals surface area contributed by atoms with Crippen molar-refractivity contribution in [1.29, 1.82) is 0 Å². The van der Waals surface area contributed by atoms with E-state index in [0.717, 1.165) is 5.56 Å². The Hall–Kier alpha value is -1.35. The van der Waals surface area contributed by atoms with Crippen LogP contribution in [0.1, 0.15) is 49.4 Å². The van der Waals surface area contributed by atoms with E-state index in [1.165, 1.54) is 11.1 Å². The molecule has 0 radical (unpaired) electrons. The number of carbonyl (C=O) groups is 1. The molecule has 0 bridgehead atoms. The van der Waals surface area contributed by atoms with Crippen molar-refractivity contribution in [1.82, 2.24) is 5.32 Å². The Morgan fingerprint density at radius 1 is 1.33 bits per heavy atom. The second kappa shape index (κ2) is 6.55. The maximum absolute atomic E-state index is 11.7. The van der Waals surface area contributed by atoms with Gasteiger partial charge in [-0.3, -0.25) is 4.79 Å². The number of hydrogen-bond acceptors (Lipinski definition) is 2. The average molecular weight is 249 g/mol. The molecule has 0 saturated heterocycles. The Bertz CT molecular complexity index is 413. The maximum atomic E-state index is 11.7. The van der Waals surface area contributed by atoms with E-state index in [1.807, 2.05) is 20.8 Å². The number of aliphatic hydroxyl groups excluding tert-OH is 1. The maximum Gasteiger partial charge on any atom is 0.220 e.